The number of rotatable bonds is 8. The predicted octanol–water partition coefficient (Wildman–Crippen LogP) is 4.11. The molecule has 0 saturated heterocycles. The third-order valence-corrected chi connectivity index (χ3v) is 6.51. The molecule has 0 saturated carbocycles. The standard InChI is InChI=1S/C26H34N4O2/c1-18(2)24-11-21(12-25(31)30(4)16-20-8-6-5-7-9-20)19(3)10-22(24)15-29-26(32)23-13-27-17-28-14-23/h5-10,13-14,17-18,21-22,24H,11-12,15-16H2,1-4H3,(H,29,32)/t21-,22-,24-/m0/s1. The minimum Gasteiger partial charge on any atom is -0.351 e. The number of carbonyl (C=O) groups excluding carboxylic acids is 2. The van der Waals surface area contributed by atoms with Gasteiger partial charge in [0.2, 0.25) is 5.91 Å². The number of nitrogens with one attached hydrogen (secondary N) is 1. The highest BCUT2D eigenvalue weighted by molar-refractivity contribution is 5.93. The average Bonchev–Trinajstić information content (AvgIpc) is 2.79. The molecule has 0 aliphatic heterocycles. The van der Waals surface area contributed by atoms with Gasteiger partial charge in [0.1, 0.15) is 6.33 Å². The summed E-state index contributed by atoms with van der Waals surface area (Å²) < 4.78 is 0. The molecule has 1 heterocycles. The zero-order valence-electron chi connectivity index (χ0n) is 19.5. The van der Waals surface area contributed by atoms with Crippen molar-refractivity contribution in [3.63, 3.8) is 0 Å². The van der Waals surface area contributed by atoms with E-state index in [2.05, 4.69) is 42.1 Å². The van der Waals surface area contributed by atoms with Crippen LogP contribution in [-0.4, -0.2) is 40.3 Å². The molecule has 1 aromatic heterocycles. The van der Waals surface area contributed by atoms with E-state index in [9.17, 15) is 9.59 Å². The lowest BCUT2D eigenvalue weighted by atomic mass is 9.69. The van der Waals surface area contributed by atoms with Gasteiger partial charge < -0.3 is 10.2 Å². The van der Waals surface area contributed by atoms with Crippen LogP contribution < -0.4 is 5.32 Å². The third-order valence-electron chi connectivity index (χ3n) is 6.51. The van der Waals surface area contributed by atoms with E-state index in [1.807, 2.05) is 42.3 Å². The molecule has 3 rings (SSSR count). The minimum atomic E-state index is -0.154. The summed E-state index contributed by atoms with van der Waals surface area (Å²) in [6.45, 7) is 7.76. The Hall–Kier alpha value is -3.02. The second-order valence-electron chi connectivity index (χ2n) is 9.19. The summed E-state index contributed by atoms with van der Waals surface area (Å²) in [5.74, 6) is 1.37. The lowest BCUT2D eigenvalue weighted by Gasteiger charge is -2.37. The SMILES string of the molecule is CC1=C[C@@H](CNC(=O)c2cncnc2)[C@H](C(C)C)C[C@H]1CC(=O)N(C)Cc1ccccc1. The van der Waals surface area contributed by atoms with Gasteiger partial charge in [-0.2, -0.15) is 0 Å². The number of benzene rings is 1. The maximum atomic E-state index is 12.9. The summed E-state index contributed by atoms with van der Waals surface area (Å²) in [6.07, 6.45) is 8.22. The Balaban J connectivity index is 1.61. The number of carbonyl (C=O) groups is 2. The van der Waals surface area contributed by atoms with Crippen LogP contribution in [0.4, 0.5) is 0 Å². The normalized spacial score (nSPS) is 20.5. The first kappa shape index (κ1) is 23.6. The molecule has 6 nitrogen and oxygen atoms in total. The number of amides is 2. The maximum Gasteiger partial charge on any atom is 0.254 e. The molecule has 6 heteroatoms. The molecule has 0 bridgehead atoms. The van der Waals surface area contributed by atoms with Gasteiger partial charge in [-0.3, -0.25) is 9.59 Å². The fourth-order valence-electron chi connectivity index (χ4n) is 4.55. The molecule has 0 spiro atoms. The van der Waals surface area contributed by atoms with Crippen molar-refractivity contribution in [2.45, 2.75) is 40.2 Å². The van der Waals surface area contributed by atoms with Crippen LogP contribution in [0.2, 0.25) is 0 Å². The van der Waals surface area contributed by atoms with Crippen molar-refractivity contribution >= 4 is 11.8 Å². The van der Waals surface area contributed by atoms with E-state index >= 15 is 0 Å². The molecule has 1 aromatic carbocycles. The van der Waals surface area contributed by atoms with Crippen molar-refractivity contribution in [2.24, 2.45) is 23.7 Å². The molecule has 2 amide bonds. The van der Waals surface area contributed by atoms with Gasteiger partial charge in [0.15, 0.2) is 0 Å². The average molecular weight is 435 g/mol. The van der Waals surface area contributed by atoms with E-state index in [0.717, 1.165) is 12.0 Å². The van der Waals surface area contributed by atoms with E-state index in [1.54, 1.807) is 0 Å². The number of allylic oxidation sites excluding steroid dienone is 1. The van der Waals surface area contributed by atoms with E-state index in [1.165, 1.54) is 24.3 Å². The highest BCUT2D eigenvalue weighted by Crippen LogP contribution is 2.39. The minimum absolute atomic E-state index is 0.154. The number of nitrogens with zero attached hydrogens (tertiary/aromatic N) is 3. The Labute approximate surface area is 191 Å². The van der Waals surface area contributed by atoms with Crippen molar-refractivity contribution in [3.8, 4) is 0 Å². The molecule has 0 unspecified atom stereocenters. The summed E-state index contributed by atoms with van der Waals surface area (Å²) >= 11 is 0. The van der Waals surface area contributed by atoms with Gasteiger partial charge in [-0.1, -0.05) is 55.8 Å². The van der Waals surface area contributed by atoms with E-state index in [0.29, 0.717) is 36.9 Å². The second-order valence-corrected chi connectivity index (χ2v) is 9.19. The van der Waals surface area contributed by atoms with E-state index < -0.39 is 0 Å². The zero-order valence-corrected chi connectivity index (χ0v) is 19.5. The van der Waals surface area contributed by atoms with Crippen molar-refractivity contribution in [2.75, 3.05) is 13.6 Å². The largest absolute Gasteiger partial charge is 0.351 e. The summed E-state index contributed by atoms with van der Waals surface area (Å²) in [6, 6.07) is 10.1. The Kier molecular flexibility index (Phi) is 8.14. The Morgan fingerprint density at radius 1 is 1.16 bits per heavy atom. The van der Waals surface area contributed by atoms with Gasteiger partial charge in [-0.15, -0.1) is 0 Å². The predicted molar refractivity (Wildman–Crippen MR) is 126 cm³/mol. The summed E-state index contributed by atoms with van der Waals surface area (Å²) in [5.41, 5.74) is 2.85. The summed E-state index contributed by atoms with van der Waals surface area (Å²) in [5, 5.41) is 3.04. The maximum absolute atomic E-state index is 12.9. The monoisotopic (exact) mass is 434 g/mol. The van der Waals surface area contributed by atoms with Crippen molar-refractivity contribution in [1.29, 1.82) is 0 Å². The zero-order chi connectivity index (χ0) is 23.1. The fraction of sp³-hybridized carbons (Fsp3) is 0.462. The van der Waals surface area contributed by atoms with Gasteiger partial charge in [0.25, 0.3) is 5.91 Å². The molecular formula is C26H34N4O2. The lowest BCUT2D eigenvalue weighted by Crippen LogP contribution is -2.38. The van der Waals surface area contributed by atoms with Crippen LogP contribution in [-0.2, 0) is 11.3 Å². The van der Waals surface area contributed by atoms with Crippen molar-refractivity contribution in [3.05, 3.63) is 71.8 Å². The van der Waals surface area contributed by atoms with Gasteiger partial charge in [0, 0.05) is 39.0 Å². The van der Waals surface area contributed by atoms with Crippen LogP contribution in [0.15, 0.2) is 60.7 Å². The van der Waals surface area contributed by atoms with Crippen LogP contribution in [0.1, 0.15) is 49.5 Å². The highest BCUT2D eigenvalue weighted by atomic mass is 16.2. The third kappa shape index (κ3) is 6.25. The summed E-state index contributed by atoms with van der Waals surface area (Å²) in [4.78, 5) is 35.0. The Bertz CT molecular complexity index is 927. The van der Waals surface area contributed by atoms with Gasteiger partial charge >= 0.3 is 0 Å². The molecule has 1 N–H and O–H groups in total. The smallest absolute Gasteiger partial charge is 0.254 e. The molecule has 0 radical (unpaired) electrons. The van der Waals surface area contributed by atoms with Crippen LogP contribution in [0.3, 0.4) is 0 Å². The van der Waals surface area contributed by atoms with Crippen LogP contribution >= 0.6 is 0 Å². The highest BCUT2D eigenvalue weighted by Gasteiger charge is 2.33. The fourth-order valence-corrected chi connectivity index (χ4v) is 4.55. The first-order chi connectivity index (χ1) is 15.3. The molecule has 1 aliphatic carbocycles. The summed E-state index contributed by atoms with van der Waals surface area (Å²) in [7, 11) is 1.88. The molecular weight excluding hydrogens is 400 g/mol. The van der Waals surface area contributed by atoms with E-state index in [4.69, 9.17) is 0 Å². The van der Waals surface area contributed by atoms with Gasteiger partial charge in [0.05, 0.1) is 5.56 Å². The molecule has 3 atom stereocenters. The van der Waals surface area contributed by atoms with Crippen molar-refractivity contribution in [1.82, 2.24) is 20.2 Å². The number of aromatic nitrogens is 2. The Morgan fingerprint density at radius 2 is 1.84 bits per heavy atom. The first-order valence-corrected chi connectivity index (χ1v) is 11.3. The van der Waals surface area contributed by atoms with Crippen LogP contribution in [0.25, 0.3) is 0 Å². The quantitative estimate of drug-likeness (QED) is 0.635. The van der Waals surface area contributed by atoms with Crippen LogP contribution in [0, 0.1) is 23.7 Å². The molecule has 170 valence electrons. The number of hydrogen-bond acceptors (Lipinski definition) is 4. The first-order valence-electron chi connectivity index (χ1n) is 11.3. The number of hydrogen-bond donors (Lipinski definition) is 1. The van der Waals surface area contributed by atoms with Crippen molar-refractivity contribution < 1.29 is 9.59 Å². The van der Waals surface area contributed by atoms with Gasteiger partial charge in [-0.05, 0) is 42.6 Å². The molecule has 1 aliphatic rings. The molecule has 32 heavy (non-hydrogen) atoms. The topological polar surface area (TPSA) is 75.2 Å². The second kappa shape index (κ2) is 11.0. The van der Waals surface area contributed by atoms with Crippen LogP contribution in [0.5, 0.6) is 0 Å². The molecule has 2 aromatic rings. The molecule has 0 fully saturated rings. The lowest BCUT2D eigenvalue weighted by molar-refractivity contribution is -0.131. The van der Waals surface area contributed by atoms with E-state index in [-0.39, 0.29) is 23.7 Å². The Morgan fingerprint density at radius 3 is 2.50 bits per heavy atom. The van der Waals surface area contributed by atoms with Gasteiger partial charge in [-0.25, -0.2) is 9.97 Å².